The molecule has 0 atom stereocenters. The maximum absolute atomic E-state index is 12.0. The van der Waals surface area contributed by atoms with E-state index in [-0.39, 0.29) is 5.91 Å². The van der Waals surface area contributed by atoms with Gasteiger partial charge in [0, 0.05) is 13.1 Å². The standard InChI is InChI=1S/C18H19NO3/c1-19(22-14-16-6-4-3-5-7-16)18(20)13-10-15-8-11-17(21-2)12-9-15/h3-13H,14H2,1-2H3. The quantitative estimate of drug-likeness (QED) is 0.606. The van der Waals surface area contributed by atoms with Crippen LogP contribution in [0.5, 0.6) is 5.75 Å². The van der Waals surface area contributed by atoms with Crippen LogP contribution in [0.3, 0.4) is 0 Å². The Morgan fingerprint density at radius 2 is 1.77 bits per heavy atom. The van der Waals surface area contributed by atoms with Gasteiger partial charge >= 0.3 is 0 Å². The van der Waals surface area contributed by atoms with Crippen LogP contribution in [0.4, 0.5) is 0 Å². The Balaban J connectivity index is 1.86. The molecular weight excluding hydrogens is 278 g/mol. The molecule has 0 saturated heterocycles. The third-order valence-corrected chi connectivity index (χ3v) is 3.11. The Kier molecular flexibility index (Phi) is 5.74. The second-order valence-corrected chi connectivity index (χ2v) is 4.70. The van der Waals surface area contributed by atoms with Gasteiger partial charge in [-0.3, -0.25) is 9.63 Å². The maximum atomic E-state index is 12.0. The SMILES string of the molecule is COc1ccc(C=CC(=O)N(C)OCc2ccccc2)cc1. The molecule has 2 aromatic rings. The zero-order valence-electron chi connectivity index (χ0n) is 12.7. The van der Waals surface area contributed by atoms with E-state index in [9.17, 15) is 4.79 Å². The lowest BCUT2D eigenvalue weighted by Gasteiger charge is -2.14. The Labute approximate surface area is 130 Å². The first-order chi connectivity index (χ1) is 10.7. The molecule has 0 aromatic heterocycles. The van der Waals surface area contributed by atoms with Gasteiger partial charge < -0.3 is 4.74 Å². The largest absolute Gasteiger partial charge is 0.497 e. The third-order valence-electron chi connectivity index (χ3n) is 3.11. The lowest BCUT2D eigenvalue weighted by Crippen LogP contribution is -2.24. The molecule has 0 bridgehead atoms. The summed E-state index contributed by atoms with van der Waals surface area (Å²) < 4.78 is 5.09. The molecule has 0 aliphatic carbocycles. The van der Waals surface area contributed by atoms with Crippen molar-refractivity contribution >= 4 is 12.0 Å². The number of nitrogens with zero attached hydrogens (tertiary/aromatic N) is 1. The number of carbonyl (C=O) groups excluding carboxylic acids is 1. The third kappa shape index (κ3) is 4.75. The molecule has 1 amide bonds. The molecule has 0 heterocycles. The number of carbonyl (C=O) groups is 1. The molecule has 22 heavy (non-hydrogen) atoms. The molecule has 0 aliphatic rings. The van der Waals surface area contributed by atoms with Crippen LogP contribution in [0.2, 0.25) is 0 Å². The Bertz CT molecular complexity index is 621. The van der Waals surface area contributed by atoms with Crippen LogP contribution in [0.25, 0.3) is 6.08 Å². The highest BCUT2D eigenvalue weighted by Gasteiger charge is 2.05. The second-order valence-electron chi connectivity index (χ2n) is 4.70. The number of rotatable bonds is 6. The van der Waals surface area contributed by atoms with E-state index in [1.807, 2.05) is 54.6 Å². The molecule has 4 heteroatoms. The van der Waals surface area contributed by atoms with Crippen molar-refractivity contribution in [3.05, 3.63) is 71.8 Å². The average Bonchev–Trinajstić information content (AvgIpc) is 2.58. The van der Waals surface area contributed by atoms with Crippen LogP contribution in [0, 0.1) is 0 Å². The first kappa shape index (κ1) is 15.8. The van der Waals surface area contributed by atoms with Crippen LogP contribution in [-0.4, -0.2) is 25.1 Å². The van der Waals surface area contributed by atoms with Gasteiger partial charge in [0.05, 0.1) is 7.11 Å². The fourth-order valence-corrected chi connectivity index (χ4v) is 1.80. The Morgan fingerprint density at radius 3 is 2.41 bits per heavy atom. The molecule has 0 fully saturated rings. The van der Waals surface area contributed by atoms with E-state index < -0.39 is 0 Å². The Hall–Kier alpha value is -2.59. The molecule has 2 rings (SSSR count). The van der Waals surface area contributed by atoms with E-state index in [1.54, 1.807) is 20.2 Å². The van der Waals surface area contributed by atoms with E-state index in [2.05, 4.69) is 0 Å². The van der Waals surface area contributed by atoms with Gasteiger partial charge in [-0.05, 0) is 29.3 Å². The summed E-state index contributed by atoms with van der Waals surface area (Å²) in [6.45, 7) is 0.361. The number of ether oxygens (including phenoxy) is 1. The van der Waals surface area contributed by atoms with Crippen LogP contribution >= 0.6 is 0 Å². The highest BCUT2D eigenvalue weighted by molar-refractivity contribution is 5.90. The fourth-order valence-electron chi connectivity index (χ4n) is 1.80. The number of benzene rings is 2. The number of methoxy groups -OCH3 is 1. The van der Waals surface area contributed by atoms with Gasteiger partial charge in [-0.2, -0.15) is 0 Å². The summed E-state index contributed by atoms with van der Waals surface area (Å²) in [5.74, 6) is 0.568. The molecule has 2 aromatic carbocycles. The highest BCUT2D eigenvalue weighted by atomic mass is 16.7. The van der Waals surface area contributed by atoms with Gasteiger partial charge in [-0.25, -0.2) is 5.06 Å². The monoisotopic (exact) mass is 297 g/mol. The fraction of sp³-hybridized carbons (Fsp3) is 0.167. The van der Waals surface area contributed by atoms with E-state index in [1.165, 1.54) is 11.1 Å². The van der Waals surface area contributed by atoms with Crippen molar-refractivity contribution in [2.75, 3.05) is 14.2 Å². The van der Waals surface area contributed by atoms with Crippen LogP contribution < -0.4 is 4.74 Å². The zero-order chi connectivity index (χ0) is 15.8. The van der Waals surface area contributed by atoms with Crippen molar-refractivity contribution in [3.63, 3.8) is 0 Å². The van der Waals surface area contributed by atoms with Crippen molar-refractivity contribution in [2.45, 2.75) is 6.61 Å². The van der Waals surface area contributed by atoms with Gasteiger partial charge in [0.25, 0.3) is 5.91 Å². The smallest absolute Gasteiger partial charge is 0.269 e. The van der Waals surface area contributed by atoms with Gasteiger partial charge in [-0.1, -0.05) is 42.5 Å². The summed E-state index contributed by atoms with van der Waals surface area (Å²) in [5, 5.41) is 1.23. The van der Waals surface area contributed by atoms with E-state index in [4.69, 9.17) is 9.57 Å². The number of likely N-dealkylation sites (N-methyl/N-ethyl adjacent to an activating group) is 1. The molecule has 0 radical (unpaired) electrons. The van der Waals surface area contributed by atoms with Crippen LogP contribution in [0.1, 0.15) is 11.1 Å². The number of hydroxylamine groups is 2. The summed E-state index contributed by atoms with van der Waals surface area (Å²) in [6, 6.07) is 17.2. The van der Waals surface area contributed by atoms with Crippen molar-refractivity contribution in [3.8, 4) is 5.75 Å². The highest BCUT2D eigenvalue weighted by Crippen LogP contribution is 2.12. The van der Waals surface area contributed by atoms with E-state index in [0.717, 1.165) is 16.9 Å². The topological polar surface area (TPSA) is 38.8 Å². The first-order valence-electron chi connectivity index (χ1n) is 6.95. The molecule has 4 nitrogen and oxygen atoms in total. The summed E-state index contributed by atoms with van der Waals surface area (Å²) in [6.07, 6.45) is 3.22. The molecule has 0 N–H and O–H groups in total. The van der Waals surface area contributed by atoms with Crippen molar-refractivity contribution in [2.24, 2.45) is 0 Å². The van der Waals surface area contributed by atoms with Crippen LogP contribution in [0.15, 0.2) is 60.7 Å². The number of hydrogen-bond donors (Lipinski definition) is 0. The molecule has 0 saturated carbocycles. The second kappa shape index (κ2) is 8.00. The average molecular weight is 297 g/mol. The van der Waals surface area contributed by atoms with E-state index in [0.29, 0.717) is 6.61 Å². The summed E-state index contributed by atoms with van der Waals surface area (Å²) >= 11 is 0. The van der Waals surface area contributed by atoms with Crippen LogP contribution in [-0.2, 0) is 16.2 Å². The predicted octanol–water partition coefficient (Wildman–Crippen LogP) is 3.30. The molecule has 0 spiro atoms. The summed E-state index contributed by atoms with van der Waals surface area (Å²) in [7, 11) is 3.22. The van der Waals surface area contributed by atoms with Gasteiger partial charge in [0.2, 0.25) is 0 Å². The molecule has 0 aliphatic heterocycles. The van der Waals surface area contributed by atoms with Crippen molar-refractivity contribution in [1.29, 1.82) is 0 Å². The summed E-state index contributed by atoms with van der Waals surface area (Å²) in [5.41, 5.74) is 1.94. The Morgan fingerprint density at radius 1 is 1.09 bits per heavy atom. The lowest BCUT2D eigenvalue weighted by atomic mass is 10.2. The van der Waals surface area contributed by atoms with Gasteiger partial charge in [0.1, 0.15) is 12.4 Å². The zero-order valence-corrected chi connectivity index (χ0v) is 12.7. The van der Waals surface area contributed by atoms with Crippen molar-refractivity contribution < 1.29 is 14.4 Å². The maximum Gasteiger partial charge on any atom is 0.269 e. The minimum atomic E-state index is -0.216. The normalized spacial score (nSPS) is 10.6. The molecular formula is C18H19NO3. The first-order valence-corrected chi connectivity index (χ1v) is 6.95. The lowest BCUT2D eigenvalue weighted by molar-refractivity contribution is -0.176. The minimum absolute atomic E-state index is 0.216. The molecule has 114 valence electrons. The molecule has 0 unspecified atom stereocenters. The summed E-state index contributed by atoms with van der Waals surface area (Å²) in [4.78, 5) is 17.4. The minimum Gasteiger partial charge on any atom is -0.497 e. The predicted molar refractivity (Wildman–Crippen MR) is 86.0 cm³/mol. The number of hydrogen-bond acceptors (Lipinski definition) is 3. The number of amides is 1. The van der Waals surface area contributed by atoms with Gasteiger partial charge in [-0.15, -0.1) is 0 Å². The van der Waals surface area contributed by atoms with Gasteiger partial charge in [0.15, 0.2) is 0 Å². The van der Waals surface area contributed by atoms with Crippen molar-refractivity contribution in [1.82, 2.24) is 5.06 Å². The van der Waals surface area contributed by atoms with E-state index >= 15 is 0 Å².